The average Bonchev–Trinajstić information content (AvgIpc) is 3.40. The van der Waals surface area contributed by atoms with Gasteiger partial charge in [-0.25, -0.2) is 0 Å². The quantitative estimate of drug-likeness (QED) is 0.0660. The van der Waals surface area contributed by atoms with Gasteiger partial charge in [0.25, 0.3) is 0 Å². The van der Waals surface area contributed by atoms with Gasteiger partial charge in [0.05, 0.1) is 12.0 Å². The number of ketones is 1. The molecular weight excluding hydrogens is 783 g/mol. The number of hydrogen-bond donors (Lipinski definition) is 1. The summed E-state index contributed by atoms with van der Waals surface area (Å²) in [6, 6.07) is 19.6. The molecule has 0 saturated heterocycles. The summed E-state index contributed by atoms with van der Waals surface area (Å²) < 4.78 is 8.47. The van der Waals surface area contributed by atoms with E-state index in [-0.39, 0.29) is 48.9 Å². The number of aliphatic hydroxyl groups is 1. The van der Waals surface area contributed by atoms with Gasteiger partial charge in [-0.1, -0.05) is 104 Å². The zero-order valence-electron chi connectivity index (χ0n) is 31.1. The number of pyridine rings is 1. The zero-order chi connectivity index (χ0) is 35.3. The fourth-order valence-electron chi connectivity index (χ4n) is 6.79. The van der Waals surface area contributed by atoms with E-state index >= 15 is 0 Å². The largest absolute Gasteiger partial charge is 0.512 e. The Hall–Kier alpha value is -3.53. The van der Waals surface area contributed by atoms with Crippen molar-refractivity contribution in [3.05, 3.63) is 103 Å². The molecule has 5 heteroatoms. The minimum absolute atomic E-state index is 0. The minimum atomic E-state index is -0.0123. The van der Waals surface area contributed by atoms with Crippen molar-refractivity contribution in [1.82, 2.24) is 0 Å². The Morgan fingerprint density at radius 1 is 0.878 bits per heavy atom. The number of aliphatic hydroxyl groups excluding tert-OH is 1. The van der Waals surface area contributed by atoms with E-state index < -0.39 is 0 Å². The first-order valence-corrected chi connectivity index (χ1v) is 17.8. The van der Waals surface area contributed by atoms with Crippen LogP contribution >= 0.6 is 0 Å². The monoisotopic (exact) mass is 839 g/mol. The SMILES string of the molecule is CCC(CC)C(=O)/C=C(\O)C(CC)CC.[CH2-]c1c(-c2c3oc4cc(CC(C)C)ccc4c3cc[n+]2[CH2-])cc(C(C)(C)C)c2ccccc12.[Ir]. The molecule has 2 heterocycles. The van der Waals surface area contributed by atoms with Crippen LogP contribution in [-0.4, -0.2) is 10.9 Å². The Labute approximate surface area is 308 Å². The number of carbonyl (C=O) groups excluding carboxylic acids is 1. The summed E-state index contributed by atoms with van der Waals surface area (Å²) >= 11 is 0. The second-order valence-corrected chi connectivity index (χ2v) is 14.7. The third-order valence-corrected chi connectivity index (χ3v) is 9.66. The van der Waals surface area contributed by atoms with Gasteiger partial charge in [-0.3, -0.25) is 4.79 Å². The second-order valence-electron chi connectivity index (χ2n) is 14.7. The number of carbonyl (C=O) groups is 1. The van der Waals surface area contributed by atoms with Crippen LogP contribution in [0.5, 0.6) is 0 Å². The van der Waals surface area contributed by atoms with E-state index in [1.165, 1.54) is 28.0 Å². The molecule has 2 aromatic heterocycles. The van der Waals surface area contributed by atoms with Gasteiger partial charge in [0.2, 0.25) is 0 Å². The molecule has 0 atom stereocenters. The molecule has 1 N–H and O–H groups in total. The molecule has 0 aliphatic heterocycles. The van der Waals surface area contributed by atoms with Gasteiger partial charge in [0.15, 0.2) is 5.78 Å². The zero-order valence-corrected chi connectivity index (χ0v) is 33.5. The summed E-state index contributed by atoms with van der Waals surface area (Å²) in [5.74, 6) is 1.15. The number of nitrogens with zero attached hydrogens (tertiary/aromatic N) is 1. The van der Waals surface area contributed by atoms with Crippen molar-refractivity contribution >= 4 is 38.5 Å². The van der Waals surface area contributed by atoms with Crippen molar-refractivity contribution in [2.45, 2.75) is 99.8 Å². The molecule has 4 nitrogen and oxygen atoms in total. The van der Waals surface area contributed by atoms with Gasteiger partial charge >= 0.3 is 0 Å². The molecule has 1 radical (unpaired) electrons. The van der Waals surface area contributed by atoms with Crippen LogP contribution in [0.25, 0.3) is 44.0 Å². The molecule has 0 aliphatic carbocycles. The van der Waals surface area contributed by atoms with E-state index in [2.05, 4.69) is 103 Å². The van der Waals surface area contributed by atoms with Crippen LogP contribution in [-0.2, 0) is 36.7 Å². The molecular formula is C44H56IrNO3-. The number of allylic oxidation sites excluding steroid dienone is 2. The molecule has 3 aromatic carbocycles. The maximum atomic E-state index is 11.7. The first kappa shape index (κ1) is 39.9. The molecule has 5 aromatic rings. The van der Waals surface area contributed by atoms with Crippen molar-refractivity contribution < 1.29 is 39.0 Å². The van der Waals surface area contributed by atoms with Crippen LogP contribution in [0.3, 0.4) is 0 Å². The predicted octanol–water partition coefficient (Wildman–Crippen LogP) is 11.9. The van der Waals surface area contributed by atoms with Crippen molar-refractivity contribution in [1.29, 1.82) is 0 Å². The second kappa shape index (κ2) is 16.9. The molecule has 5 rings (SSSR count). The molecule has 0 unspecified atom stereocenters. The smallest absolute Gasteiger partial charge is 0.162 e. The van der Waals surface area contributed by atoms with Gasteiger partial charge in [-0.05, 0) is 61.1 Å². The van der Waals surface area contributed by atoms with E-state index in [1.807, 2.05) is 38.5 Å². The van der Waals surface area contributed by atoms with E-state index in [0.29, 0.717) is 5.92 Å². The molecule has 0 spiro atoms. The Balaban J connectivity index is 0.000000347. The average molecular weight is 839 g/mol. The fraction of sp³-hybridized carbons (Fsp3) is 0.409. The van der Waals surface area contributed by atoms with Gasteiger partial charge < -0.3 is 14.1 Å². The number of furan rings is 1. The molecule has 0 bridgehead atoms. The van der Waals surface area contributed by atoms with Crippen molar-refractivity contribution in [3.8, 4) is 11.3 Å². The number of fused-ring (bicyclic) bond motifs is 4. The molecule has 265 valence electrons. The Bertz CT molecular complexity index is 1920. The Morgan fingerprint density at radius 2 is 1.49 bits per heavy atom. The topological polar surface area (TPSA) is 54.3 Å². The van der Waals surface area contributed by atoms with E-state index in [4.69, 9.17) is 4.42 Å². The third-order valence-electron chi connectivity index (χ3n) is 9.66. The molecule has 0 amide bonds. The maximum absolute atomic E-state index is 11.7. The van der Waals surface area contributed by atoms with Crippen molar-refractivity contribution in [2.24, 2.45) is 17.8 Å². The van der Waals surface area contributed by atoms with Crippen LogP contribution in [0.4, 0.5) is 0 Å². The first-order valence-electron chi connectivity index (χ1n) is 17.8. The molecule has 49 heavy (non-hydrogen) atoms. The summed E-state index contributed by atoms with van der Waals surface area (Å²) in [5, 5.41) is 14.4. The third kappa shape index (κ3) is 8.80. The summed E-state index contributed by atoms with van der Waals surface area (Å²) in [5.41, 5.74) is 7.43. The summed E-state index contributed by atoms with van der Waals surface area (Å²) in [6.45, 7) is 23.9. The first-order chi connectivity index (χ1) is 22.7. The molecule has 0 fully saturated rings. The predicted molar refractivity (Wildman–Crippen MR) is 203 cm³/mol. The van der Waals surface area contributed by atoms with Gasteiger partial charge in [0.1, 0.15) is 16.9 Å². The van der Waals surface area contributed by atoms with Crippen LogP contribution < -0.4 is 4.57 Å². The number of hydrogen-bond acceptors (Lipinski definition) is 3. The standard InChI is InChI=1S/C31H32NO.C13H24O2.Ir/c1-19(2)16-21-12-13-24-25-14-15-32(7)29(30(25)33-28(24)17-21)26-18-27(31(4,5)6)23-11-9-8-10-22(23)20(26)3;1-5-10(6-2)12(14)9-13(15)11(7-3)8-4;/h8-15,17-19H,3,7,16H2,1-2,4-6H3;9-11,14H,5-8H2,1-4H3;/q-1;;/b;12-9-;. The molecule has 0 saturated carbocycles. The van der Waals surface area contributed by atoms with E-state index in [0.717, 1.165) is 70.9 Å². The Kier molecular flexibility index (Phi) is 13.8. The maximum Gasteiger partial charge on any atom is 0.162 e. The van der Waals surface area contributed by atoms with Crippen LogP contribution in [0.1, 0.15) is 105 Å². The van der Waals surface area contributed by atoms with Crippen LogP contribution in [0.15, 0.2) is 77.0 Å². The van der Waals surface area contributed by atoms with Crippen molar-refractivity contribution in [3.63, 3.8) is 0 Å². The number of rotatable bonds is 10. The summed E-state index contributed by atoms with van der Waals surface area (Å²) in [7, 11) is 4.32. The van der Waals surface area contributed by atoms with Gasteiger partial charge in [0, 0.05) is 55.8 Å². The minimum Gasteiger partial charge on any atom is -0.512 e. The fourth-order valence-corrected chi connectivity index (χ4v) is 6.79. The van der Waals surface area contributed by atoms with Crippen LogP contribution in [0, 0.1) is 31.7 Å². The van der Waals surface area contributed by atoms with Gasteiger partial charge in [-0.2, -0.15) is 12.5 Å². The number of benzene rings is 3. The normalized spacial score (nSPS) is 12.2. The summed E-state index contributed by atoms with van der Waals surface area (Å²) in [4.78, 5) is 11.7. The van der Waals surface area contributed by atoms with Crippen LogP contribution in [0.2, 0.25) is 0 Å². The summed E-state index contributed by atoms with van der Waals surface area (Å²) in [6.07, 6.45) is 7.97. The number of aromatic nitrogens is 1. The van der Waals surface area contributed by atoms with E-state index in [1.54, 1.807) is 0 Å². The molecule has 0 aliphatic rings. The van der Waals surface area contributed by atoms with Gasteiger partial charge in [-0.15, -0.1) is 23.1 Å². The van der Waals surface area contributed by atoms with Crippen molar-refractivity contribution in [2.75, 3.05) is 0 Å². The Morgan fingerprint density at radius 3 is 2.06 bits per heavy atom. The van der Waals surface area contributed by atoms with E-state index in [9.17, 15) is 9.90 Å².